The Labute approximate surface area is 432 Å². The van der Waals surface area contributed by atoms with Crippen molar-refractivity contribution in [1.82, 2.24) is 53.2 Å². The molecule has 0 aliphatic carbocycles. The molecule has 21 nitrogen and oxygen atoms in total. The van der Waals surface area contributed by atoms with Gasteiger partial charge in [0.05, 0.1) is 39.6 Å². The maximum atomic E-state index is 13.4. The van der Waals surface area contributed by atoms with Crippen LogP contribution in [0.4, 0.5) is 4.79 Å². The van der Waals surface area contributed by atoms with Gasteiger partial charge in [-0.2, -0.15) is 0 Å². The van der Waals surface area contributed by atoms with Crippen molar-refractivity contribution in [3.8, 4) is 0 Å². The molecule has 0 heterocycles. The van der Waals surface area contributed by atoms with E-state index in [1.807, 2.05) is 30.3 Å². The Bertz CT molecular complexity index is 1290. The maximum absolute atomic E-state index is 13.4. The van der Waals surface area contributed by atoms with Gasteiger partial charge in [0.2, 0.25) is 17.7 Å². The minimum absolute atomic E-state index is 0.0275. The van der Waals surface area contributed by atoms with Crippen LogP contribution in [0, 0.1) is 0 Å². The number of hydrogen-bond donors (Lipinski definition) is 13. The Morgan fingerprint density at radius 3 is 1.03 bits per heavy atom. The maximum Gasteiger partial charge on any atom is 0.408 e. The largest absolute Gasteiger partial charge is 0.445 e. The van der Waals surface area contributed by atoms with Gasteiger partial charge in [-0.1, -0.05) is 30.3 Å². The summed E-state index contributed by atoms with van der Waals surface area (Å²) in [4.78, 5) is 51.6. The van der Waals surface area contributed by atoms with Gasteiger partial charge < -0.3 is 89.3 Å². The average Bonchev–Trinajstić information content (AvgIpc) is 3.38. The van der Waals surface area contributed by atoms with Crippen LogP contribution in [0.15, 0.2) is 30.3 Å². The fraction of sp³-hybridized carbons (Fsp3) is 0.804. The lowest BCUT2D eigenvalue weighted by Crippen LogP contribution is -2.59. The first-order chi connectivity index (χ1) is 35.3. The van der Waals surface area contributed by atoms with Gasteiger partial charge in [-0.25, -0.2) is 4.79 Å². The molecule has 21 heteroatoms. The van der Waals surface area contributed by atoms with E-state index in [1.54, 1.807) is 0 Å². The van der Waals surface area contributed by atoms with Crippen LogP contribution in [0.1, 0.15) is 102 Å². The number of nitrogens with one attached hydrogen (secondary N) is 10. The van der Waals surface area contributed by atoms with Crippen molar-refractivity contribution in [3.63, 3.8) is 0 Å². The van der Waals surface area contributed by atoms with Crippen molar-refractivity contribution in [2.75, 3.05) is 157 Å². The van der Waals surface area contributed by atoms with E-state index in [2.05, 4.69) is 53.2 Å². The number of hydrogen-bond acceptors (Lipinski definition) is 17. The Kier molecular flexibility index (Phi) is 47.0. The molecule has 0 saturated carbocycles. The van der Waals surface area contributed by atoms with E-state index in [4.69, 9.17) is 36.1 Å². The van der Waals surface area contributed by atoms with Crippen molar-refractivity contribution in [1.29, 1.82) is 0 Å². The SMILES string of the molecule is NCCCNCCCCNCCCNC(=O)CCOCC(COCCC(=O)NCCCNCCCCNCCCN)(COCCC(=O)NCCCNCCCCNCCCN)NC(=O)OCc1ccccc1. The molecule has 0 unspecified atom stereocenters. The van der Waals surface area contributed by atoms with E-state index in [0.717, 1.165) is 161 Å². The summed E-state index contributed by atoms with van der Waals surface area (Å²) < 4.78 is 23.8. The highest BCUT2D eigenvalue weighted by Crippen LogP contribution is 2.12. The van der Waals surface area contributed by atoms with Crippen LogP contribution in [0.25, 0.3) is 0 Å². The van der Waals surface area contributed by atoms with E-state index in [-0.39, 0.29) is 83.2 Å². The zero-order valence-electron chi connectivity index (χ0n) is 44.2. The van der Waals surface area contributed by atoms with E-state index < -0.39 is 11.6 Å². The molecule has 0 spiro atoms. The molecule has 0 aliphatic heterocycles. The monoisotopic (exact) mass is 1020 g/mol. The molecule has 0 aromatic heterocycles. The second kappa shape index (κ2) is 50.9. The van der Waals surface area contributed by atoms with Crippen LogP contribution in [-0.2, 0) is 39.9 Å². The van der Waals surface area contributed by atoms with Gasteiger partial charge in [-0.05, 0) is 181 Å². The topological polar surface area (TPSA) is 304 Å². The van der Waals surface area contributed by atoms with Crippen LogP contribution >= 0.6 is 0 Å². The predicted molar refractivity (Wildman–Crippen MR) is 288 cm³/mol. The Morgan fingerprint density at radius 2 is 0.708 bits per heavy atom. The van der Waals surface area contributed by atoms with Gasteiger partial charge in [0.1, 0.15) is 12.1 Å². The first-order valence-electron chi connectivity index (χ1n) is 27.2. The molecule has 1 aromatic carbocycles. The minimum Gasteiger partial charge on any atom is -0.445 e. The summed E-state index contributed by atoms with van der Waals surface area (Å²) in [7, 11) is 0. The van der Waals surface area contributed by atoms with Gasteiger partial charge in [-0.15, -0.1) is 0 Å². The number of unbranched alkanes of at least 4 members (excludes halogenated alkanes) is 3. The lowest BCUT2D eigenvalue weighted by molar-refractivity contribution is -0.122. The molecule has 0 saturated heterocycles. The lowest BCUT2D eigenvalue weighted by Gasteiger charge is -2.33. The van der Waals surface area contributed by atoms with Gasteiger partial charge in [-0.3, -0.25) is 14.4 Å². The number of ether oxygens (including phenoxy) is 4. The molecule has 0 atom stereocenters. The lowest BCUT2D eigenvalue weighted by atomic mass is 10.0. The first kappa shape index (κ1) is 66.4. The van der Waals surface area contributed by atoms with E-state index in [9.17, 15) is 19.2 Å². The highest BCUT2D eigenvalue weighted by Gasteiger charge is 2.35. The van der Waals surface area contributed by atoms with Gasteiger partial charge in [0, 0.05) is 38.9 Å². The molecule has 16 N–H and O–H groups in total. The number of carbonyl (C=O) groups excluding carboxylic acids is 4. The molecule has 0 radical (unpaired) electrons. The van der Waals surface area contributed by atoms with E-state index in [0.29, 0.717) is 39.3 Å². The third-order valence-corrected chi connectivity index (χ3v) is 11.2. The summed E-state index contributed by atoms with van der Waals surface area (Å²) in [6, 6.07) is 9.30. The molecule has 0 fully saturated rings. The van der Waals surface area contributed by atoms with Crippen molar-refractivity contribution in [2.24, 2.45) is 17.2 Å². The zero-order valence-corrected chi connectivity index (χ0v) is 44.2. The fourth-order valence-electron chi connectivity index (χ4n) is 7.03. The fourth-order valence-corrected chi connectivity index (χ4v) is 7.03. The predicted octanol–water partition coefficient (Wildman–Crippen LogP) is 0.315. The molecule has 0 bridgehead atoms. The summed E-state index contributed by atoms with van der Waals surface area (Å²) >= 11 is 0. The number of benzene rings is 1. The Hall–Kier alpha value is -3.58. The number of rotatable bonds is 54. The number of alkyl carbamates (subject to hydrolysis) is 1. The van der Waals surface area contributed by atoms with Crippen LogP contribution in [0.3, 0.4) is 0 Å². The highest BCUT2D eigenvalue weighted by molar-refractivity contribution is 5.76. The molecule has 0 aliphatic rings. The number of carbonyl (C=O) groups is 4. The standard InChI is InChI=1S/C51H101N13O8/c52-21-10-30-55-24-4-7-27-58-33-13-36-61-47(65)18-39-69-43-51(64-50(68)72-42-46-16-2-1-3-17-46,44-70-40-19-48(66)62-37-14-34-59-28-8-5-25-56-31-11-22-53)45-71-41-20-49(67)63-38-15-35-60-29-9-6-26-57-32-12-23-54/h1-3,16-17,55-60H,4-15,18-45,52-54H2,(H,61,65)(H,62,66)(H,63,67)(H,64,68). The highest BCUT2D eigenvalue weighted by atomic mass is 16.6. The number of nitrogens with two attached hydrogens (primary N) is 3. The van der Waals surface area contributed by atoms with Crippen molar-refractivity contribution >= 4 is 23.8 Å². The summed E-state index contributed by atoms with van der Waals surface area (Å²) in [5, 5.41) is 32.2. The zero-order chi connectivity index (χ0) is 52.1. The minimum atomic E-state index is -1.29. The molecule has 418 valence electrons. The van der Waals surface area contributed by atoms with Crippen LogP contribution in [0.2, 0.25) is 0 Å². The summed E-state index contributed by atoms with van der Waals surface area (Å²) in [6.07, 6.45) is 11.4. The second-order valence-electron chi connectivity index (χ2n) is 18.0. The molecule has 1 rings (SSSR count). The van der Waals surface area contributed by atoms with Crippen molar-refractivity contribution in [3.05, 3.63) is 35.9 Å². The number of amides is 4. The van der Waals surface area contributed by atoms with Crippen LogP contribution < -0.4 is 70.4 Å². The van der Waals surface area contributed by atoms with Crippen molar-refractivity contribution < 1.29 is 38.1 Å². The van der Waals surface area contributed by atoms with E-state index >= 15 is 0 Å². The van der Waals surface area contributed by atoms with Crippen molar-refractivity contribution in [2.45, 2.75) is 108 Å². The van der Waals surface area contributed by atoms with E-state index in [1.165, 1.54) is 0 Å². The quantitative estimate of drug-likeness (QED) is 0.0391. The molecular formula is C51H101N13O8. The molecule has 4 amide bonds. The summed E-state index contributed by atoms with van der Waals surface area (Å²) in [5.74, 6) is -0.458. The Morgan fingerprint density at radius 1 is 0.403 bits per heavy atom. The smallest absolute Gasteiger partial charge is 0.408 e. The summed E-state index contributed by atoms with van der Waals surface area (Å²) in [5.41, 5.74) is 16.1. The van der Waals surface area contributed by atoms with Crippen LogP contribution in [0.5, 0.6) is 0 Å². The van der Waals surface area contributed by atoms with Crippen LogP contribution in [-0.4, -0.2) is 187 Å². The molecule has 72 heavy (non-hydrogen) atoms. The molecule has 1 aromatic rings. The Balaban J connectivity index is 2.72. The van der Waals surface area contributed by atoms with Gasteiger partial charge in [0.25, 0.3) is 0 Å². The summed E-state index contributed by atoms with van der Waals surface area (Å²) in [6.45, 7) is 14.6. The van der Waals surface area contributed by atoms with Gasteiger partial charge >= 0.3 is 6.09 Å². The normalized spacial score (nSPS) is 11.4. The second-order valence-corrected chi connectivity index (χ2v) is 18.0. The molecular weight excluding hydrogens is 923 g/mol. The average molecular weight is 1020 g/mol. The first-order valence-corrected chi connectivity index (χ1v) is 27.2. The third-order valence-electron chi connectivity index (χ3n) is 11.2. The third kappa shape index (κ3) is 44.0. The van der Waals surface area contributed by atoms with Gasteiger partial charge in [0.15, 0.2) is 0 Å².